The van der Waals surface area contributed by atoms with Gasteiger partial charge >= 0.3 is 0 Å². The lowest BCUT2D eigenvalue weighted by Crippen LogP contribution is -2.36. The Morgan fingerprint density at radius 1 is 1.32 bits per heavy atom. The van der Waals surface area contributed by atoms with Crippen LogP contribution in [0.25, 0.3) is 0 Å². The predicted octanol–water partition coefficient (Wildman–Crippen LogP) is 1.09. The molecule has 0 saturated heterocycles. The Hall–Kier alpha value is -2.37. The Labute approximate surface area is 128 Å². The normalized spacial score (nSPS) is 13.5. The fourth-order valence-corrected chi connectivity index (χ4v) is 2.64. The average Bonchev–Trinajstić information content (AvgIpc) is 2.56. The summed E-state index contributed by atoms with van der Waals surface area (Å²) in [6.07, 6.45) is 2.88. The quantitative estimate of drug-likeness (QED) is 0.778. The first-order valence-corrected chi connectivity index (χ1v) is 7.63. The Kier molecular flexibility index (Phi) is 4.09. The molecular weight excluding hydrogens is 282 g/mol. The first-order chi connectivity index (χ1) is 10.7. The summed E-state index contributed by atoms with van der Waals surface area (Å²) in [4.78, 5) is 27.5. The lowest BCUT2D eigenvalue weighted by Gasteiger charge is -2.17. The van der Waals surface area contributed by atoms with Crippen LogP contribution in [0.5, 0.6) is 5.75 Å². The third-order valence-corrected chi connectivity index (χ3v) is 3.79. The first-order valence-electron chi connectivity index (χ1n) is 7.63. The molecule has 2 heterocycles. The molecule has 1 aliphatic rings. The molecule has 2 N–H and O–H groups in total. The van der Waals surface area contributed by atoms with Crippen molar-refractivity contribution < 1.29 is 4.74 Å². The molecule has 0 unspecified atom stereocenters. The Bertz CT molecular complexity index is 748. The molecular formula is C16H19N3O3. The lowest BCUT2D eigenvalue weighted by molar-refractivity contribution is 0.334. The van der Waals surface area contributed by atoms with E-state index in [9.17, 15) is 9.59 Å². The van der Waals surface area contributed by atoms with Gasteiger partial charge in [-0.1, -0.05) is 6.07 Å². The Balaban J connectivity index is 1.61. The van der Waals surface area contributed by atoms with Crippen LogP contribution in [0, 0.1) is 0 Å². The average molecular weight is 301 g/mol. The molecule has 22 heavy (non-hydrogen) atoms. The van der Waals surface area contributed by atoms with E-state index in [1.807, 2.05) is 6.07 Å². The Morgan fingerprint density at radius 3 is 3.00 bits per heavy atom. The summed E-state index contributed by atoms with van der Waals surface area (Å²) in [7, 11) is 0. The summed E-state index contributed by atoms with van der Waals surface area (Å²) in [6, 6.07) is 4.12. The summed E-state index contributed by atoms with van der Waals surface area (Å²) in [5, 5.41) is 6.29. The zero-order valence-corrected chi connectivity index (χ0v) is 12.6. The number of nitrogens with one attached hydrogen (secondary N) is 2. The van der Waals surface area contributed by atoms with Crippen molar-refractivity contribution in [1.29, 1.82) is 0 Å². The third-order valence-electron chi connectivity index (χ3n) is 3.79. The zero-order valence-electron chi connectivity index (χ0n) is 12.6. The van der Waals surface area contributed by atoms with Crippen LogP contribution in [-0.2, 0) is 12.8 Å². The van der Waals surface area contributed by atoms with Crippen LogP contribution in [-0.4, -0.2) is 24.7 Å². The van der Waals surface area contributed by atoms with Crippen molar-refractivity contribution in [2.45, 2.75) is 26.2 Å². The van der Waals surface area contributed by atoms with Crippen molar-refractivity contribution in [3.05, 3.63) is 43.8 Å². The van der Waals surface area contributed by atoms with Crippen LogP contribution >= 0.6 is 0 Å². The van der Waals surface area contributed by atoms with Gasteiger partial charge in [-0.2, -0.15) is 0 Å². The SMILES string of the molecule is CCOc1c(NCCc2ccc3c(n2)NCCC3)c(=O)c1=O. The molecule has 0 spiro atoms. The maximum Gasteiger partial charge on any atom is 0.272 e. The van der Waals surface area contributed by atoms with Gasteiger partial charge in [-0.25, -0.2) is 4.98 Å². The summed E-state index contributed by atoms with van der Waals surface area (Å²) < 4.78 is 5.17. The largest absolute Gasteiger partial charge is 0.488 e. The predicted molar refractivity (Wildman–Crippen MR) is 85.8 cm³/mol. The van der Waals surface area contributed by atoms with E-state index in [2.05, 4.69) is 21.7 Å². The van der Waals surface area contributed by atoms with Gasteiger partial charge in [0.2, 0.25) is 0 Å². The Morgan fingerprint density at radius 2 is 2.18 bits per heavy atom. The van der Waals surface area contributed by atoms with Crippen molar-refractivity contribution in [3.63, 3.8) is 0 Å². The molecule has 0 amide bonds. The van der Waals surface area contributed by atoms with Gasteiger partial charge in [0.25, 0.3) is 10.9 Å². The minimum Gasteiger partial charge on any atom is -0.488 e. The van der Waals surface area contributed by atoms with Crippen LogP contribution in [0.3, 0.4) is 0 Å². The molecule has 2 aromatic rings. The van der Waals surface area contributed by atoms with E-state index in [0.717, 1.165) is 30.9 Å². The third kappa shape index (κ3) is 2.68. The summed E-state index contributed by atoms with van der Waals surface area (Å²) in [6.45, 7) is 3.65. The standard InChI is InChI=1S/C16H19N3O3/c1-2-22-15-12(13(20)14(15)21)17-9-7-11-6-5-10-4-3-8-18-16(10)19-11/h5-6,17H,2-4,7-9H2,1H3,(H,18,19). The van der Waals surface area contributed by atoms with Crippen LogP contribution < -0.4 is 26.2 Å². The number of rotatable bonds is 6. The van der Waals surface area contributed by atoms with E-state index in [1.54, 1.807) is 6.92 Å². The molecule has 6 nitrogen and oxygen atoms in total. The number of pyridine rings is 1. The molecule has 1 aromatic heterocycles. The molecule has 0 aliphatic carbocycles. The fourth-order valence-electron chi connectivity index (χ4n) is 2.64. The highest BCUT2D eigenvalue weighted by atomic mass is 16.5. The van der Waals surface area contributed by atoms with Crippen molar-refractivity contribution in [1.82, 2.24) is 4.98 Å². The second-order valence-corrected chi connectivity index (χ2v) is 5.31. The summed E-state index contributed by atoms with van der Waals surface area (Å²) >= 11 is 0. The number of aryl methyl sites for hydroxylation is 1. The number of aromatic nitrogens is 1. The van der Waals surface area contributed by atoms with Crippen LogP contribution in [0.2, 0.25) is 0 Å². The highest BCUT2D eigenvalue weighted by Crippen LogP contribution is 2.20. The van der Waals surface area contributed by atoms with Crippen molar-refractivity contribution in [2.75, 3.05) is 30.3 Å². The van der Waals surface area contributed by atoms with E-state index >= 15 is 0 Å². The first kappa shape index (κ1) is 14.6. The monoisotopic (exact) mass is 301 g/mol. The van der Waals surface area contributed by atoms with Crippen LogP contribution in [0.4, 0.5) is 11.5 Å². The second kappa shape index (κ2) is 6.17. The minimum absolute atomic E-state index is 0.160. The van der Waals surface area contributed by atoms with Gasteiger partial charge < -0.3 is 15.4 Å². The lowest BCUT2D eigenvalue weighted by atomic mass is 10.1. The molecule has 0 bridgehead atoms. The smallest absolute Gasteiger partial charge is 0.272 e. The topological polar surface area (TPSA) is 80.3 Å². The number of anilines is 2. The highest BCUT2D eigenvalue weighted by molar-refractivity contribution is 5.61. The fraction of sp³-hybridized carbons (Fsp3) is 0.438. The van der Waals surface area contributed by atoms with Gasteiger partial charge in [0.15, 0.2) is 5.75 Å². The van der Waals surface area contributed by atoms with Gasteiger partial charge in [-0.15, -0.1) is 0 Å². The molecule has 0 radical (unpaired) electrons. The van der Waals surface area contributed by atoms with Crippen LogP contribution in [0.15, 0.2) is 21.7 Å². The number of hydrogen-bond acceptors (Lipinski definition) is 6. The van der Waals surface area contributed by atoms with Gasteiger partial charge in [0.1, 0.15) is 11.5 Å². The number of ether oxygens (including phenoxy) is 1. The maximum absolute atomic E-state index is 11.5. The van der Waals surface area contributed by atoms with Crippen molar-refractivity contribution in [3.8, 4) is 5.75 Å². The van der Waals surface area contributed by atoms with E-state index in [4.69, 9.17) is 4.74 Å². The molecule has 0 saturated carbocycles. The van der Waals surface area contributed by atoms with Gasteiger partial charge in [-0.3, -0.25) is 9.59 Å². The summed E-state index contributed by atoms with van der Waals surface area (Å²) in [5.41, 5.74) is 1.47. The molecule has 0 fully saturated rings. The highest BCUT2D eigenvalue weighted by Gasteiger charge is 2.21. The van der Waals surface area contributed by atoms with Crippen LogP contribution in [0.1, 0.15) is 24.6 Å². The van der Waals surface area contributed by atoms with E-state index in [1.165, 1.54) is 5.56 Å². The molecule has 6 heteroatoms. The number of hydrogen-bond donors (Lipinski definition) is 2. The molecule has 0 atom stereocenters. The second-order valence-electron chi connectivity index (χ2n) is 5.31. The zero-order chi connectivity index (χ0) is 15.5. The van der Waals surface area contributed by atoms with E-state index in [0.29, 0.717) is 25.3 Å². The molecule has 3 rings (SSSR count). The van der Waals surface area contributed by atoms with E-state index in [-0.39, 0.29) is 5.75 Å². The molecule has 1 aromatic carbocycles. The number of fused-ring (bicyclic) bond motifs is 1. The van der Waals surface area contributed by atoms with Gasteiger partial charge in [-0.05, 0) is 31.4 Å². The molecule has 1 aliphatic heterocycles. The maximum atomic E-state index is 11.5. The van der Waals surface area contributed by atoms with Gasteiger partial charge in [0.05, 0.1) is 6.61 Å². The van der Waals surface area contributed by atoms with E-state index < -0.39 is 10.9 Å². The van der Waals surface area contributed by atoms with Gasteiger partial charge in [0, 0.05) is 25.2 Å². The number of nitrogens with zero attached hydrogens (tertiary/aromatic N) is 1. The van der Waals surface area contributed by atoms with Crippen molar-refractivity contribution in [2.24, 2.45) is 0 Å². The van der Waals surface area contributed by atoms with Crippen molar-refractivity contribution >= 4 is 11.5 Å². The minimum atomic E-state index is -0.541. The summed E-state index contributed by atoms with van der Waals surface area (Å²) in [5.74, 6) is 1.13. The molecule has 116 valence electrons.